The van der Waals surface area contributed by atoms with Crippen LogP contribution in [-0.4, -0.2) is 47.8 Å². The fourth-order valence-corrected chi connectivity index (χ4v) is 2.69. The quantitative estimate of drug-likeness (QED) is 0.749. The van der Waals surface area contributed by atoms with Crippen molar-refractivity contribution in [1.29, 1.82) is 0 Å². The zero-order chi connectivity index (χ0) is 12.3. The van der Waals surface area contributed by atoms with Crippen LogP contribution >= 0.6 is 0 Å². The van der Waals surface area contributed by atoms with Crippen LogP contribution in [0.25, 0.3) is 0 Å². The molecule has 0 bridgehead atoms. The van der Waals surface area contributed by atoms with Gasteiger partial charge in [-0.1, -0.05) is 13.8 Å². The van der Waals surface area contributed by atoms with Crippen LogP contribution in [0.3, 0.4) is 0 Å². The number of rotatable bonds is 3. The molecule has 1 fully saturated rings. The second kappa shape index (κ2) is 5.52. The van der Waals surface area contributed by atoms with Crippen LogP contribution in [0.1, 0.15) is 39.5 Å². The molecule has 0 N–H and O–H groups in total. The van der Waals surface area contributed by atoms with E-state index in [-0.39, 0.29) is 11.8 Å². The number of likely N-dealkylation sites (tertiary alicyclic amines) is 1. The van der Waals surface area contributed by atoms with E-state index in [9.17, 15) is 4.79 Å². The Morgan fingerprint density at radius 2 is 1.88 bits per heavy atom. The fraction of sp³-hybridized carbons (Fsp3) is 0.846. The average molecular weight is 237 g/mol. The van der Waals surface area contributed by atoms with Crippen molar-refractivity contribution < 1.29 is 4.79 Å². The summed E-state index contributed by atoms with van der Waals surface area (Å²) in [5, 5.41) is 0. The maximum Gasteiger partial charge on any atom is 0.232 e. The van der Waals surface area contributed by atoms with E-state index >= 15 is 0 Å². The van der Waals surface area contributed by atoms with Crippen molar-refractivity contribution >= 4 is 11.9 Å². The van der Waals surface area contributed by atoms with E-state index in [1.54, 1.807) is 0 Å². The molecule has 2 rings (SSSR count). The van der Waals surface area contributed by atoms with Gasteiger partial charge in [0.1, 0.15) is 0 Å². The van der Waals surface area contributed by atoms with E-state index in [0.29, 0.717) is 0 Å². The predicted octanol–water partition coefficient (Wildman–Crippen LogP) is 1.72. The van der Waals surface area contributed by atoms with E-state index in [4.69, 9.17) is 0 Å². The maximum absolute atomic E-state index is 12.4. The van der Waals surface area contributed by atoms with Crippen molar-refractivity contribution in [2.24, 2.45) is 10.9 Å². The number of guanidine groups is 1. The monoisotopic (exact) mass is 237 g/mol. The summed E-state index contributed by atoms with van der Waals surface area (Å²) in [6.45, 7) is 7.86. The molecular weight excluding hydrogens is 214 g/mol. The SMILES string of the molecule is CCC(CC)C(=O)N1CCN=C1N1CCCC1. The first kappa shape index (κ1) is 12.4. The molecule has 0 atom stereocenters. The Labute approximate surface area is 104 Å². The molecule has 0 aliphatic carbocycles. The van der Waals surface area contributed by atoms with Crippen molar-refractivity contribution in [2.75, 3.05) is 26.2 Å². The van der Waals surface area contributed by atoms with E-state index in [1.165, 1.54) is 12.8 Å². The molecule has 0 aromatic rings. The minimum atomic E-state index is 0.168. The van der Waals surface area contributed by atoms with Crippen LogP contribution in [0, 0.1) is 5.92 Å². The Balaban J connectivity index is 2.05. The van der Waals surface area contributed by atoms with Gasteiger partial charge in [0.2, 0.25) is 11.9 Å². The molecule has 1 saturated heterocycles. The topological polar surface area (TPSA) is 35.9 Å². The minimum absolute atomic E-state index is 0.168. The van der Waals surface area contributed by atoms with Gasteiger partial charge < -0.3 is 4.90 Å². The highest BCUT2D eigenvalue weighted by Crippen LogP contribution is 2.19. The van der Waals surface area contributed by atoms with Gasteiger partial charge in [0, 0.05) is 25.6 Å². The molecular formula is C13H23N3O. The Bertz CT molecular complexity index is 304. The lowest BCUT2D eigenvalue weighted by molar-refractivity contribution is -0.131. The second-order valence-corrected chi connectivity index (χ2v) is 4.88. The van der Waals surface area contributed by atoms with Gasteiger partial charge >= 0.3 is 0 Å². The van der Waals surface area contributed by atoms with Gasteiger partial charge in [-0.05, 0) is 25.7 Å². The molecule has 0 aromatic carbocycles. The van der Waals surface area contributed by atoms with Crippen LogP contribution in [0.4, 0.5) is 0 Å². The Morgan fingerprint density at radius 3 is 2.47 bits per heavy atom. The first-order chi connectivity index (χ1) is 8.27. The smallest absolute Gasteiger partial charge is 0.232 e. The Kier molecular flexibility index (Phi) is 4.02. The fourth-order valence-electron chi connectivity index (χ4n) is 2.69. The lowest BCUT2D eigenvalue weighted by Crippen LogP contribution is -2.46. The van der Waals surface area contributed by atoms with Gasteiger partial charge in [0.25, 0.3) is 0 Å². The third-order valence-electron chi connectivity index (χ3n) is 3.81. The Hall–Kier alpha value is -1.06. The third kappa shape index (κ3) is 2.45. The third-order valence-corrected chi connectivity index (χ3v) is 3.81. The van der Waals surface area contributed by atoms with Gasteiger partial charge in [-0.2, -0.15) is 0 Å². The first-order valence-electron chi connectivity index (χ1n) is 6.88. The summed E-state index contributed by atoms with van der Waals surface area (Å²) in [7, 11) is 0. The van der Waals surface area contributed by atoms with Crippen molar-refractivity contribution in [2.45, 2.75) is 39.5 Å². The van der Waals surface area contributed by atoms with Crippen LogP contribution in [0.5, 0.6) is 0 Å². The number of amides is 1. The largest absolute Gasteiger partial charge is 0.342 e. The summed E-state index contributed by atoms with van der Waals surface area (Å²) in [5.74, 6) is 1.39. The van der Waals surface area contributed by atoms with Gasteiger partial charge in [0.15, 0.2) is 0 Å². The molecule has 2 aliphatic rings. The average Bonchev–Trinajstić information content (AvgIpc) is 3.01. The molecule has 2 aliphatic heterocycles. The van der Waals surface area contributed by atoms with Crippen molar-refractivity contribution in [3.8, 4) is 0 Å². The highest BCUT2D eigenvalue weighted by atomic mass is 16.2. The number of nitrogens with zero attached hydrogens (tertiary/aromatic N) is 3. The zero-order valence-electron chi connectivity index (χ0n) is 11.0. The summed E-state index contributed by atoms with van der Waals surface area (Å²) in [4.78, 5) is 21.1. The summed E-state index contributed by atoms with van der Waals surface area (Å²) >= 11 is 0. The zero-order valence-corrected chi connectivity index (χ0v) is 11.0. The van der Waals surface area contributed by atoms with Crippen molar-refractivity contribution in [3.05, 3.63) is 0 Å². The molecule has 0 radical (unpaired) electrons. The Morgan fingerprint density at radius 1 is 1.24 bits per heavy atom. The van der Waals surface area contributed by atoms with E-state index < -0.39 is 0 Å². The molecule has 0 unspecified atom stereocenters. The van der Waals surface area contributed by atoms with Crippen LogP contribution < -0.4 is 0 Å². The van der Waals surface area contributed by atoms with E-state index in [1.807, 2.05) is 4.90 Å². The molecule has 96 valence electrons. The van der Waals surface area contributed by atoms with Crippen molar-refractivity contribution in [1.82, 2.24) is 9.80 Å². The lowest BCUT2D eigenvalue weighted by atomic mass is 10.0. The summed E-state index contributed by atoms with van der Waals surface area (Å²) in [6.07, 6.45) is 4.32. The highest BCUT2D eigenvalue weighted by molar-refractivity contribution is 5.99. The lowest BCUT2D eigenvalue weighted by Gasteiger charge is -2.28. The predicted molar refractivity (Wildman–Crippen MR) is 68.9 cm³/mol. The molecule has 2 heterocycles. The van der Waals surface area contributed by atoms with Gasteiger partial charge in [0.05, 0.1) is 6.54 Å². The molecule has 0 saturated carbocycles. The second-order valence-electron chi connectivity index (χ2n) is 4.88. The molecule has 4 heteroatoms. The minimum Gasteiger partial charge on any atom is -0.342 e. The molecule has 0 spiro atoms. The normalized spacial score (nSPS) is 20.3. The number of hydrogen-bond donors (Lipinski definition) is 0. The van der Waals surface area contributed by atoms with Crippen LogP contribution in [0.15, 0.2) is 4.99 Å². The van der Waals surface area contributed by atoms with Gasteiger partial charge in [-0.15, -0.1) is 0 Å². The molecule has 0 aromatic heterocycles. The number of carbonyl (C=O) groups excluding carboxylic acids is 1. The summed E-state index contributed by atoms with van der Waals surface area (Å²) in [6, 6.07) is 0. The maximum atomic E-state index is 12.4. The molecule has 17 heavy (non-hydrogen) atoms. The number of aliphatic imine (C=N–C) groups is 1. The summed E-state index contributed by atoms with van der Waals surface area (Å²) in [5.41, 5.74) is 0. The van der Waals surface area contributed by atoms with Gasteiger partial charge in [-0.25, -0.2) is 0 Å². The van der Waals surface area contributed by atoms with E-state index in [0.717, 1.165) is 45.0 Å². The molecule has 4 nitrogen and oxygen atoms in total. The van der Waals surface area contributed by atoms with Gasteiger partial charge in [-0.3, -0.25) is 14.7 Å². The standard InChI is InChI=1S/C13H23N3O/c1-3-11(4-2)12(17)16-10-7-14-13(16)15-8-5-6-9-15/h11H,3-10H2,1-2H3. The van der Waals surface area contributed by atoms with Crippen LogP contribution in [0.2, 0.25) is 0 Å². The summed E-state index contributed by atoms with van der Waals surface area (Å²) < 4.78 is 0. The van der Waals surface area contributed by atoms with Crippen LogP contribution in [-0.2, 0) is 4.79 Å². The highest BCUT2D eigenvalue weighted by Gasteiger charge is 2.32. The van der Waals surface area contributed by atoms with Crippen molar-refractivity contribution in [3.63, 3.8) is 0 Å². The number of carbonyl (C=O) groups is 1. The molecule has 1 amide bonds. The number of hydrogen-bond acceptors (Lipinski definition) is 3. The first-order valence-corrected chi connectivity index (χ1v) is 6.88. The van der Waals surface area contributed by atoms with E-state index in [2.05, 4.69) is 23.7 Å².